The molecule has 1 saturated heterocycles. The standard InChI is InChI=1S/C8H17FN2/c9-8(7-10)3-6-11-4-1-2-5-11/h8H,1-7,10H2. The van der Waals surface area contributed by atoms with Crippen LogP contribution in [0, 0.1) is 0 Å². The van der Waals surface area contributed by atoms with E-state index in [1.54, 1.807) is 0 Å². The highest BCUT2D eigenvalue weighted by atomic mass is 19.1. The van der Waals surface area contributed by atoms with Gasteiger partial charge in [-0.1, -0.05) is 0 Å². The molecule has 1 rings (SSSR count). The molecule has 2 N–H and O–H groups in total. The molecule has 0 aliphatic carbocycles. The van der Waals surface area contributed by atoms with Crippen LogP contribution in [0.5, 0.6) is 0 Å². The van der Waals surface area contributed by atoms with Crippen LogP contribution in [0.1, 0.15) is 19.3 Å². The fourth-order valence-electron chi connectivity index (χ4n) is 1.45. The summed E-state index contributed by atoms with van der Waals surface area (Å²) in [7, 11) is 0. The van der Waals surface area contributed by atoms with Crippen molar-refractivity contribution in [2.75, 3.05) is 26.2 Å². The average Bonchev–Trinajstić information content (AvgIpc) is 2.52. The second-order valence-electron chi connectivity index (χ2n) is 3.17. The predicted octanol–water partition coefficient (Wildman–Crippen LogP) is 0.769. The molecule has 11 heavy (non-hydrogen) atoms. The van der Waals surface area contributed by atoms with Crippen LogP contribution in [-0.2, 0) is 0 Å². The molecule has 0 amide bonds. The van der Waals surface area contributed by atoms with Gasteiger partial charge in [-0.2, -0.15) is 0 Å². The minimum absolute atomic E-state index is 0.174. The number of alkyl halides is 1. The van der Waals surface area contributed by atoms with Gasteiger partial charge < -0.3 is 10.6 Å². The number of nitrogens with zero attached hydrogens (tertiary/aromatic N) is 1. The highest BCUT2D eigenvalue weighted by Crippen LogP contribution is 2.08. The van der Waals surface area contributed by atoms with Crippen LogP contribution >= 0.6 is 0 Å². The average molecular weight is 160 g/mol. The SMILES string of the molecule is NCC(F)CCN1CCCC1. The highest BCUT2D eigenvalue weighted by Gasteiger charge is 2.12. The van der Waals surface area contributed by atoms with Gasteiger partial charge in [0.2, 0.25) is 0 Å². The Morgan fingerprint density at radius 3 is 2.55 bits per heavy atom. The number of likely N-dealkylation sites (tertiary alicyclic amines) is 1. The summed E-state index contributed by atoms with van der Waals surface area (Å²) < 4.78 is 12.6. The first-order valence-corrected chi connectivity index (χ1v) is 4.39. The maximum Gasteiger partial charge on any atom is 0.113 e. The maximum absolute atomic E-state index is 12.6. The zero-order valence-electron chi connectivity index (χ0n) is 6.93. The van der Waals surface area contributed by atoms with Gasteiger partial charge in [-0.05, 0) is 32.4 Å². The van der Waals surface area contributed by atoms with E-state index in [2.05, 4.69) is 4.90 Å². The first-order chi connectivity index (χ1) is 5.33. The molecule has 0 bridgehead atoms. The molecule has 0 spiro atoms. The van der Waals surface area contributed by atoms with E-state index in [4.69, 9.17) is 5.73 Å². The lowest BCUT2D eigenvalue weighted by Crippen LogP contribution is -2.25. The third-order valence-electron chi connectivity index (χ3n) is 2.21. The second kappa shape index (κ2) is 4.67. The van der Waals surface area contributed by atoms with Crippen LogP contribution < -0.4 is 5.73 Å². The first-order valence-electron chi connectivity index (χ1n) is 4.39. The Bertz CT molecular complexity index is 102. The van der Waals surface area contributed by atoms with Gasteiger partial charge in [-0.15, -0.1) is 0 Å². The van der Waals surface area contributed by atoms with Crippen molar-refractivity contribution in [2.24, 2.45) is 5.73 Å². The molecule has 0 aromatic heterocycles. The van der Waals surface area contributed by atoms with Crippen molar-refractivity contribution in [3.05, 3.63) is 0 Å². The van der Waals surface area contributed by atoms with Crippen molar-refractivity contribution >= 4 is 0 Å². The van der Waals surface area contributed by atoms with E-state index in [1.807, 2.05) is 0 Å². The normalized spacial score (nSPS) is 22.4. The van der Waals surface area contributed by atoms with Gasteiger partial charge in [-0.25, -0.2) is 4.39 Å². The zero-order valence-corrected chi connectivity index (χ0v) is 6.93. The molecule has 0 radical (unpaired) electrons. The molecule has 1 heterocycles. The van der Waals surface area contributed by atoms with Crippen molar-refractivity contribution < 1.29 is 4.39 Å². The van der Waals surface area contributed by atoms with Gasteiger partial charge in [0.1, 0.15) is 6.17 Å². The molecule has 1 aliphatic heterocycles. The van der Waals surface area contributed by atoms with Crippen LogP contribution in [0.25, 0.3) is 0 Å². The first kappa shape index (κ1) is 8.94. The van der Waals surface area contributed by atoms with Crippen LogP contribution in [-0.4, -0.2) is 37.3 Å². The molecule has 0 saturated carbocycles. The van der Waals surface area contributed by atoms with Gasteiger partial charge in [0.05, 0.1) is 0 Å². The molecule has 1 atom stereocenters. The van der Waals surface area contributed by atoms with Gasteiger partial charge in [-0.3, -0.25) is 0 Å². The molecule has 1 fully saturated rings. The maximum atomic E-state index is 12.6. The lowest BCUT2D eigenvalue weighted by atomic mass is 10.2. The molecule has 3 heteroatoms. The summed E-state index contributed by atoms with van der Waals surface area (Å²) in [6.07, 6.45) is 2.37. The molecule has 1 unspecified atom stereocenters. The third-order valence-corrected chi connectivity index (χ3v) is 2.21. The Hall–Kier alpha value is -0.150. The van der Waals surface area contributed by atoms with Gasteiger partial charge in [0.15, 0.2) is 0 Å². The summed E-state index contributed by atoms with van der Waals surface area (Å²) in [4.78, 5) is 2.31. The predicted molar refractivity (Wildman–Crippen MR) is 44.2 cm³/mol. The van der Waals surface area contributed by atoms with Crippen molar-refractivity contribution in [3.8, 4) is 0 Å². The topological polar surface area (TPSA) is 29.3 Å². The van der Waals surface area contributed by atoms with Gasteiger partial charge in [0.25, 0.3) is 0 Å². The number of halogens is 1. The number of rotatable bonds is 4. The van der Waals surface area contributed by atoms with Crippen LogP contribution in [0.4, 0.5) is 4.39 Å². The molecule has 66 valence electrons. The molecular weight excluding hydrogens is 143 g/mol. The van der Waals surface area contributed by atoms with Crippen molar-refractivity contribution in [1.29, 1.82) is 0 Å². The molecule has 2 nitrogen and oxygen atoms in total. The fourth-order valence-corrected chi connectivity index (χ4v) is 1.45. The second-order valence-corrected chi connectivity index (χ2v) is 3.17. The summed E-state index contributed by atoms with van der Waals surface area (Å²) in [6.45, 7) is 3.36. The van der Waals surface area contributed by atoms with Gasteiger partial charge >= 0.3 is 0 Å². The minimum atomic E-state index is -0.796. The largest absolute Gasteiger partial charge is 0.328 e. The summed E-state index contributed by atoms with van der Waals surface area (Å²) in [5.41, 5.74) is 5.16. The van der Waals surface area contributed by atoms with E-state index in [1.165, 1.54) is 12.8 Å². The van der Waals surface area contributed by atoms with E-state index in [0.717, 1.165) is 19.6 Å². The van der Waals surface area contributed by atoms with E-state index in [-0.39, 0.29) is 6.54 Å². The lowest BCUT2D eigenvalue weighted by Gasteiger charge is -2.14. The molecular formula is C8H17FN2. The summed E-state index contributed by atoms with van der Waals surface area (Å²) in [6, 6.07) is 0. The highest BCUT2D eigenvalue weighted by molar-refractivity contribution is 4.68. The Labute approximate surface area is 67.6 Å². The Balaban J connectivity index is 2.01. The number of nitrogens with two attached hydrogens (primary N) is 1. The Morgan fingerprint density at radius 1 is 1.36 bits per heavy atom. The molecule has 1 aliphatic rings. The van der Waals surface area contributed by atoms with Crippen molar-refractivity contribution in [1.82, 2.24) is 4.90 Å². The van der Waals surface area contributed by atoms with Crippen LogP contribution in [0.2, 0.25) is 0 Å². The Kier molecular flexibility index (Phi) is 3.80. The zero-order chi connectivity index (χ0) is 8.10. The monoisotopic (exact) mass is 160 g/mol. The fraction of sp³-hybridized carbons (Fsp3) is 1.00. The molecule has 0 aromatic carbocycles. The smallest absolute Gasteiger partial charge is 0.113 e. The van der Waals surface area contributed by atoms with E-state index in [9.17, 15) is 4.39 Å². The quantitative estimate of drug-likeness (QED) is 0.658. The lowest BCUT2D eigenvalue weighted by molar-refractivity contribution is 0.257. The number of hydrogen-bond donors (Lipinski definition) is 1. The summed E-state index contributed by atoms with van der Waals surface area (Å²) in [5, 5.41) is 0. The van der Waals surface area contributed by atoms with Crippen LogP contribution in [0.3, 0.4) is 0 Å². The third kappa shape index (κ3) is 3.16. The Morgan fingerprint density at radius 2 is 2.00 bits per heavy atom. The van der Waals surface area contributed by atoms with E-state index in [0.29, 0.717) is 6.42 Å². The van der Waals surface area contributed by atoms with E-state index >= 15 is 0 Å². The molecule has 0 aromatic rings. The van der Waals surface area contributed by atoms with E-state index < -0.39 is 6.17 Å². The number of hydrogen-bond acceptors (Lipinski definition) is 2. The van der Waals surface area contributed by atoms with Crippen molar-refractivity contribution in [2.45, 2.75) is 25.4 Å². The van der Waals surface area contributed by atoms with Crippen molar-refractivity contribution in [3.63, 3.8) is 0 Å². The van der Waals surface area contributed by atoms with Crippen LogP contribution in [0.15, 0.2) is 0 Å². The summed E-state index contributed by atoms with van der Waals surface area (Å²) >= 11 is 0. The van der Waals surface area contributed by atoms with Gasteiger partial charge in [0, 0.05) is 13.1 Å². The minimum Gasteiger partial charge on any atom is -0.328 e. The summed E-state index contributed by atoms with van der Waals surface area (Å²) in [5.74, 6) is 0.